The average Bonchev–Trinajstić information content (AvgIpc) is 3.43. The minimum Gasteiger partial charge on any atom is -0.267 e. The first-order valence-corrected chi connectivity index (χ1v) is 13.1. The second kappa shape index (κ2) is 7.95. The maximum atomic E-state index is 13.3. The SMILES string of the molecule is CS(=O)(=O)N1N=C(C2=C(c3ccccc3)C3=CC(Cl)C=CC3=NC2=O)CC1c1cccs1. The molecule has 0 fully saturated rings. The molecule has 1 aromatic heterocycles. The maximum absolute atomic E-state index is 13.3. The molecule has 162 valence electrons. The molecule has 0 spiro atoms. The summed E-state index contributed by atoms with van der Waals surface area (Å²) in [5.74, 6) is -0.437. The molecule has 3 aliphatic rings. The van der Waals surface area contributed by atoms with Crippen molar-refractivity contribution in [1.29, 1.82) is 0 Å². The summed E-state index contributed by atoms with van der Waals surface area (Å²) in [5, 5.41) is 6.00. The number of aliphatic imine (C=N–C) groups is 1. The zero-order valence-corrected chi connectivity index (χ0v) is 19.4. The Morgan fingerprint density at radius 3 is 2.59 bits per heavy atom. The zero-order chi connectivity index (χ0) is 22.5. The lowest BCUT2D eigenvalue weighted by molar-refractivity contribution is -0.113. The van der Waals surface area contributed by atoms with Crippen LogP contribution in [0.4, 0.5) is 0 Å². The van der Waals surface area contributed by atoms with Crippen LogP contribution >= 0.6 is 22.9 Å². The highest BCUT2D eigenvalue weighted by Gasteiger charge is 2.40. The van der Waals surface area contributed by atoms with E-state index in [1.54, 1.807) is 12.2 Å². The van der Waals surface area contributed by atoms with Gasteiger partial charge in [0.25, 0.3) is 5.91 Å². The number of nitrogens with zero attached hydrogens (tertiary/aromatic N) is 3. The third-order valence-electron chi connectivity index (χ3n) is 5.43. The molecule has 0 radical (unpaired) electrons. The quantitative estimate of drug-likeness (QED) is 0.606. The predicted molar refractivity (Wildman–Crippen MR) is 128 cm³/mol. The van der Waals surface area contributed by atoms with Gasteiger partial charge in [-0.3, -0.25) is 4.79 Å². The van der Waals surface area contributed by atoms with E-state index < -0.39 is 22.0 Å². The second-order valence-corrected chi connectivity index (χ2v) is 10.9. The van der Waals surface area contributed by atoms with Gasteiger partial charge in [-0.25, -0.2) is 13.4 Å². The van der Waals surface area contributed by atoms with Gasteiger partial charge in [0.05, 0.1) is 28.6 Å². The molecular formula is C23H18ClN3O3S2. The molecule has 0 N–H and O–H groups in total. The first kappa shape index (κ1) is 21.1. The van der Waals surface area contributed by atoms with Gasteiger partial charge in [-0.05, 0) is 23.1 Å². The largest absolute Gasteiger partial charge is 0.280 e. The Labute approximate surface area is 195 Å². The van der Waals surface area contributed by atoms with E-state index in [9.17, 15) is 13.2 Å². The van der Waals surface area contributed by atoms with Gasteiger partial charge in [0, 0.05) is 22.4 Å². The van der Waals surface area contributed by atoms with E-state index in [-0.39, 0.29) is 11.8 Å². The van der Waals surface area contributed by atoms with E-state index in [1.165, 1.54) is 11.3 Å². The molecule has 3 heterocycles. The highest BCUT2D eigenvalue weighted by Crippen LogP contribution is 2.41. The molecule has 9 heteroatoms. The molecular weight excluding hydrogens is 466 g/mol. The van der Waals surface area contributed by atoms with Crippen LogP contribution in [-0.2, 0) is 14.8 Å². The van der Waals surface area contributed by atoms with E-state index >= 15 is 0 Å². The van der Waals surface area contributed by atoms with E-state index in [0.29, 0.717) is 22.6 Å². The lowest BCUT2D eigenvalue weighted by Crippen LogP contribution is -2.25. The first-order chi connectivity index (χ1) is 15.3. The van der Waals surface area contributed by atoms with Crippen molar-refractivity contribution in [2.75, 3.05) is 6.26 Å². The lowest BCUT2D eigenvalue weighted by atomic mass is 9.83. The van der Waals surface area contributed by atoms with Crippen molar-refractivity contribution in [3.63, 3.8) is 0 Å². The normalized spacial score (nSPS) is 23.1. The Balaban J connectivity index is 1.71. The summed E-state index contributed by atoms with van der Waals surface area (Å²) in [7, 11) is -3.65. The minimum absolute atomic E-state index is 0.281. The Hall–Kier alpha value is -2.81. The molecule has 0 saturated heterocycles. The van der Waals surface area contributed by atoms with Gasteiger partial charge in [-0.1, -0.05) is 48.6 Å². The molecule has 2 unspecified atom stereocenters. The van der Waals surface area contributed by atoms with Gasteiger partial charge in [-0.15, -0.1) is 22.9 Å². The van der Waals surface area contributed by atoms with Gasteiger partial charge < -0.3 is 0 Å². The highest BCUT2D eigenvalue weighted by atomic mass is 35.5. The van der Waals surface area contributed by atoms with E-state index in [2.05, 4.69) is 10.1 Å². The fourth-order valence-electron chi connectivity index (χ4n) is 4.10. The third-order valence-corrected chi connectivity index (χ3v) is 7.69. The van der Waals surface area contributed by atoms with Crippen molar-refractivity contribution >= 4 is 55.9 Å². The van der Waals surface area contributed by atoms with E-state index in [0.717, 1.165) is 26.7 Å². The standard InChI is InChI=1S/C23H18ClN3O3S2/c1-32(29,30)27-19(20-8-5-11-31-20)13-18(26-27)22-21(14-6-3-2-4-7-14)16-12-15(24)9-10-17(16)25-23(22)28/h2-12,15,19H,13H2,1H3. The van der Waals surface area contributed by atoms with Crippen LogP contribution < -0.4 is 0 Å². The van der Waals surface area contributed by atoms with Gasteiger partial charge in [-0.2, -0.15) is 9.52 Å². The molecule has 1 aliphatic carbocycles. The monoisotopic (exact) mass is 483 g/mol. The van der Waals surface area contributed by atoms with Crippen molar-refractivity contribution in [2.45, 2.75) is 17.8 Å². The molecule has 1 aromatic carbocycles. The predicted octanol–water partition coefficient (Wildman–Crippen LogP) is 4.35. The number of rotatable bonds is 4. The zero-order valence-electron chi connectivity index (χ0n) is 17.0. The van der Waals surface area contributed by atoms with Crippen LogP contribution in [0.25, 0.3) is 5.57 Å². The summed E-state index contributed by atoms with van der Waals surface area (Å²) in [4.78, 5) is 18.4. The van der Waals surface area contributed by atoms with Crippen LogP contribution in [0.1, 0.15) is 22.9 Å². The van der Waals surface area contributed by atoms with Crippen LogP contribution in [0.5, 0.6) is 0 Å². The average molecular weight is 484 g/mol. The first-order valence-electron chi connectivity index (χ1n) is 9.91. The molecule has 5 rings (SSSR count). The molecule has 0 bridgehead atoms. The number of sulfonamides is 1. The number of thiophene rings is 1. The number of dihydropyridines is 1. The number of hydrazone groups is 1. The number of hydrogen-bond acceptors (Lipinski definition) is 5. The van der Waals surface area contributed by atoms with Gasteiger partial charge >= 0.3 is 0 Å². The van der Waals surface area contributed by atoms with Crippen molar-refractivity contribution in [2.24, 2.45) is 10.1 Å². The summed E-state index contributed by atoms with van der Waals surface area (Å²) >= 11 is 7.82. The van der Waals surface area contributed by atoms with E-state index in [1.807, 2.05) is 53.9 Å². The molecule has 2 aliphatic heterocycles. The van der Waals surface area contributed by atoms with Crippen LogP contribution in [0.15, 0.2) is 87.3 Å². The number of carbonyl (C=O) groups excluding carboxylic acids is 1. The molecule has 1 amide bonds. The van der Waals surface area contributed by atoms with Gasteiger partial charge in [0.2, 0.25) is 10.0 Å². The van der Waals surface area contributed by atoms with Crippen LogP contribution in [-0.4, -0.2) is 41.8 Å². The number of hydrogen-bond donors (Lipinski definition) is 0. The van der Waals surface area contributed by atoms with Gasteiger partial charge in [0.15, 0.2) is 0 Å². The minimum atomic E-state index is -3.65. The van der Waals surface area contributed by atoms with Crippen LogP contribution in [0, 0.1) is 0 Å². The lowest BCUT2D eigenvalue weighted by Gasteiger charge is -2.24. The van der Waals surface area contributed by atoms with E-state index in [4.69, 9.17) is 11.6 Å². The molecule has 32 heavy (non-hydrogen) atoms. The molecule has 2 aromatic rings. The van der Waals surface area contributed by atoms with Gasteiger partial charge in [0.1, 0.15) is 6.04 Å². The smallest absolute Gasteiger partial charge is 0.267 e. The number of benzene rings is 1. The Bertz CT molecular complexity index is 1350. The summed E-state index contributed by atoms with van der Waals surface area (Å²) in [6, 6.07) is 12.8. The molecule has 6 nitrogen and oxygen atoms in total. The van der Waals surface area contributed by atoms with Crippen molar-refractivity contribution in [3.05, 3.63) is 87.7 Å². The van der Waals surface area contributed by atoms with Crippen LogP contribution in [0.3, 0.4) is 0 Å². The number of halogens is 1. The number of amides is 1. The van der Waals surface area contributed by atoms with Crippen molar-refractivity contribution in [3.8, 4) is 0 Å². The summed E-state index contributed by atoms with van der Waals surface area (Å²) in [6.45, 7) is 0. The Morgan fingerprint density at radius 1 is 1.12 bits per heavy atom. The fourth-order valence-corrected chi connectivity index (χ4v) is 6.07. The second-order valence-electron chi connectivity index (χ2n) is 7.62. The number of carbonyl (C=O) groups is 1. The summed E-state index contributed by atoms with van der Waals surface area (Å²) < 4.78 is 26.2. The number of fused-ring (bicyclic) bond motifs is 1. The Kier molecular flexibility index (Phi) is 5.23. The van der Waals surface area contributed by atoms with Crippen molar-refractivity contribution < 1.29 is 13.2 Å². The highest BCUT2D eigenvalue weighted by molar-refractivity contribution is 7.88. The fraction of sp³-hybridized carbons (Fsp3) is 0.174. The third kappa shape index (κ3) is 3.68. The maximum Gasteiger partial charge on any atom is 0.280 e. The summed E-state index contributed by atoms with van der Waals surface area (Å²) in [6.07, 6.45) is 6.78. The number of alkyl halides is 1. The molecule has 0 saturated carbocycles. The Morgan fingerprint density at radius 2 is 1.91 bits per heavy atom. The number of allylic oxidation sites excluding steroid dienone is 5. The topological polar surface area (TPSA) is 79.2 Å². The molecule has 2 atom stereocenters. The summed E-state index contributed by atoms with van der Waals surface area (Å²) in [5.41, 5.74) is 3.51. The van der Waals surface area contributed by atoms with Crippen LogP contribution in [0.2, 0.25) is 0 Å². The van der Waals surface area contributed by atoms with Crippen molar-refractivity contribution in [1.82, 2.24) is 4.41 Å².